The van der Waals surface area contributed by atoms with E-state index < -0.39 is 27.9 Å². The zero-order valence-electron chi connectivity index (χ0n) is 23.9. The van der Waals surface area contributed by atoms with E-state index in [9.17, 15) is 22.8 Å². The van der Waals surface area contributed by atoms with Gasteiger partial charge in [-0.25, -0.2) is 12.7 Å². The van der Waals surface area contributed by atoms with Crippen LogP contribution in [0.2, 0.25) is 0 Å². The van der Waals surface area contributed by atoms with Crippen LogP contribution in [0.5, 0.6) is 0 Å². The molecule has 9 heteroatoms. The van der Waals surface area contributed by atoms with Crippen molar-refractivity contribution in [1.82, 2.24) is 14.5 Å². The summed E-state index contributed by atoms with van der Waals surface area (Å²) in [5.74, 6) is -1.25. The van der Waals surface area contributed by atoms with Crippen LogP contribution in [0.15, 0.2) is 83.8 Å². The first-order valence-electron chi connectivity index (χ1n) is 14.6. The molecule has 2 aliphatic rings. The molecule has 0 spiro atoms. The fraction of sp³-hybridized carbons (Fsp3) is 0.364. The fourth-order valence-corrected chi connectivity index (χ4v) is 7.47. The van der Waals surface area contributed by atoms with Gasteiger partial charge in [-0.3, -0.25) is 14.4 Å². The van der Waals surface area contributed by atoms with Crippen LogP contribution >= 0.6 is 0 Å². The highest BCUT2D eigenvalue weighted by Gasteiger charge is 2.41. The molecule has 42 heavy (non-hydrogen) atoms. The van der Waals surface area contributed by atoms with Crippen LogP contribution in [0.25, 0.3) is 0 Å². The lowest BCUT2D eigenvalue weighted by atomic mass is 9.94. The molecular weight excluding hydrogens is 550 g/mol. The van der Waals surface area contributed by atoms with E-state index in [1.165, 1.54) is 12.1 Å². The van der Waals surface area contributed by atoms with E-state index in [1.54, 1.807) is 17.0 Å². The fourth-order valence-electron chi connectivity index (χ4n) is 5.90. The van der Waals surface area contributed by atoms with Crippen molar-refractivity contribution >= 4 is 27.7 Å². The molecule has 0 aromatic heterocycles. The van der Waals surface area contributed by atoms with Crippen LogP contribution < -0.4 is 5.32 Å². The predicted molar refractivity (Wildman–Crippen MR) is 160 cm³/mol. The zero-order chi connectivity index (χ0) is 29.7. The number of amides is 3. The molecule has 3 aromatic rings. The van der Waals surface area contributed by atoms with Crippen molar-refractivity contribution in [3.05, 3.63) is 101 Å². The molecule has 1 saturated carbocycles. The van der Waals surface area contributed by atoms with E-state index in [4.69, 9.17) is 0 Å². The van der Waals surface area contributed by atoms with E-state index in [1.807, 2.05) is 61.5 Å². The Balaban J connectivity index is 1.43. The monoisotopic (exact) mass is 587 g/mol. The summed E-state index contributed by atoms with van der Waals surface area (Å²) in [5.41, 5.74) is 2.91. The number of benzene rings is 3. The summed E-state index contributed by atoms with van der Waals surface area (Å²) < 4.78 is 27.0. The lowest BCUT2D eigenvalue weighted by Crippen LogP contribution is -2.53. The van der Waals surface area contributed by atoms with Crippen molar-refractivity contribution in [3.63, 3.8) is 0 Å². The standard InChI is InChI=1S/C33H37N3O5S/c1-24-11-10-14-26(21-24)23-35(31(37)19-20-36-33(39)28-17-8-9-18-30(28)42(36,40)41)29(22-25-12-4-2-5-13-25)32(38)34-27-15-6-3-7-16-27/h2,4-5,8-14,17-18,21,27,29H,3,6-7,15-16,19-20,22-23H2,1H3,(H,34,38)/t29-/m0/s1. The SMILES string of the molecule is Cc1cccc(CN(C(=O)CCN2C(=O)c3ccccc3S2(=O)=O)[C@@H](Cc2ccccc2)C(=O)NC2CCCCC2)c1. The molecule has 0 radical (unpaired) electrons. The summed E-state index contributed by atoms with van der Waals surface area (Å²) in [7, 11) is -4.05. The highest BCUT2D eigenvalue weighted by molar-refractivity contribution is 7.90. The van der Waals surface area contributed by atoms with Crippen molar-refractivity contribution in [1.29, 1.82) is 0 Å². The number of carbonyl (C=O) groups excluding carboxylic acids is 3. The maximum Gasteiger partial charge on any atom is 0.269 e. The average Bonchev–Trinajstić information content (AvgIpc) is 3.19. The summed E-state index contributed by atoms with van der Waals surface area (Å²) in [5, 5.41) is 3.21. The quantitative estimate of drug-likeness (QED) is 0.373. The minimum Gasteiger partial charge on any atom is -0.352 e. The third-order valence-corrected chi connectivity index (χ3v) is 9.94. The highest BCUT2D eigenvalue weighted by Crippen LogP contribution is 2.30. The maximum absolute atomic E-state index is 14.0. The number of hydrogen-bond acceptors (Lipinski definition) is 5. The Morgan fingerprint density at radius 3 is 2.33 bits per heavy atom. The molecule has 8 nitrogen and oxygen atoms in total. The van der Waals surface area contributed by atoms with Crippen LogP contribution in [0.4, 0.5) is 0 Å². The number of fused-ring (bicyclic) bond motifs is 1. The molecule has 1 N–H and O–H groups in total. The van der Waals surface area contributed by atoms with E-state index in [0.29, 0.717) is 6.42 Å². The Morgan fingerprint density at radius 1 is 0.929 bits per heavy atom. The molecule has 3 aromatic carbocycles. The molecule has 220 valence electrons. The van der Waals surface area contributed by atoms with Crippen LogP contribution in [0.3, 0.4) is 0 Å². The summed E-state index contributed by atoms with van der Waals surface area (Å²) in [6, 6.07) is 22.7. The van der Waals surface area contributed by atoms with Crippen molar-refractivity contribution in [2.45, 2.75) is 75.4 Å². The minimum absolute atomic E-state index is 0.0483. The Labute approximate surface area is 247 Å². The summed E-state index contributed by atoms with van der Waals surface area (Å²) >= 11 is 0. The minimum atomic E-state index is -4.05. The summed E-state index contributed by atoms with van der Waals surface area (Å²) in [6.45, 7) is 1.84. The lowest BCUT2D eigenvalue weighted by molar-refractivity contribution is -0.141. The number of nitrogens with zero attached hydrogens (tertiary/aromatic N) is 2. The van der Waals surface area contributed by atoms with Crippen molar-refractivity contribution in [3.8, 4) is 0 Å². The molecule has 5 rings (SSSR count). The normalized spacial score (nSPS) is 17.0. The molecule has 1 atom stereocenters. The number of carbonyl (C=O) groups is 3. The van der Waals surface area contributed by atoms with Gasteiger partial charge in [0.05, 0.1) is 5.56 Å². The van der Waals surface area contributed by atoms with Crippen LogP contribution in [0.1, 0.15) is 65.6 Å². The third kappa shape index (κ3) is 6.57. The van der Waals surface area contributed by atoms with E-state index in [0.717, 1.165) is 53.1 Å². The lowest BCUT2D eigenvalue weighted by Gasteiger charge is -2.34. The molecular formula is C33H37N3O5S. The highest BCUT2D eigenvalue weighted by atomic mass is 32.2. The van der Waals surface area contributed by atoms with Gasteiger partial charge in [-0.1, -0.05) is 91.6 Å². The Bertz CT molecular complexity index is 1550. The largest absolute Gasteiger partial charge is 0.352 e. The van der Waals surface area contributed by atoms with Gasteiger partial charge >= 0.3 is 0 Å². The molecule has 0 bridgehead atoms. The van der Waals surface area contributed by atoms with Gasteiger partial charge in [-0.15, -0.1) is 0 Å². The number of nitrogens with one attached hydrogen (secondary N) is 1. The van der Waals surface area contributed by atoms with Crippen LogP contribution in [-0.2, 0) is 32.6 Å². The maximum atomic E-state index is 14.0. The first kappa shape index (κ1) is 29.5. The van der Waals surface area contributed by atoms with Gasteiger partial charge < -0.3 is 10.2 Å². The third-order valence-electron chi connectivity index (χ3n) is 8.10. The zero-order valence-corrected chi connectivity index (χ0v) is 24.7. The first-order chi connectivity index (χ1) is 20.2. The Hall–Kier alpha value is -3.98. The second kappa shape index (κ2) is 12.9. The Morgan fingerprint density at radius 2 is 1.62 bits per heavy atom. The molecule has 0 saturated heterocycles. The number of hydrogen-bond donors (Lipinski definition) is 1. The molecule has 1 aliphatic carbocycles. The van der Waals surface area contributed by atoms with E-state index in [2.05, 4.69) is 5.32 Å². The molecule has 0 unspecified atom stereocenters. The van der Waals surface area contributed by atoms with Gasteiger partial charge in [0.1, 0.15) is 10.9 Å². The number of rotatable bonds is 10. The second-order valence-electron chi connectivity index (χ2n) is 11.2. The molecule has 1 heterocycles. The van der Waals surface area contributed by atoms with Crippen LogP contribution in [-0.4, -0.2) is 54.0 Å². The van der Waals surface area contributed by atoms with Gasteiger partial charge in [0.25, 0.3) is 15.9 Å². The molecule has 3 amide bonds. The number of sulfonamides is 1. The summed E-state index contributed by atoms with van der Waals surface area (Å²) in [4.78, 5) is 42.4. The van der Waals surface area contributed by atoms with Crippen molar-refractivity contribution in [2.24, 2.45) is 0 Å². The second-order valence-corrected chi connectivity index (χ2v) is 13.0. The molecule has 1 fully saturated rings. The van der Waals surface area contributed by atoms with Gasteiger partial charge in [-0.2, -0.15) is 0 Å². The Kier molecular flexibility index (Phi) is 9.06. The van der Waals surface area contributed by atoms with Gasteiger partial charge in [0.15, 0.2) is 0 Å². The van der Waals surface area contributed by atoms with Crippen LogP contribution in [0, 0.1) is 6.92 Å². The topological polar surface area (TPSA) is 104 Å². The van der Waals surface area contributed by atoms with Gasteiger partial charge in [0, 0.05) is 32.0 Å². The van der Waals surface area contributed by atoms with Crippen molar-refractivity contribution in [2.75, 3.05) is 6.54 Å². The van der Waals surface area contributed by atoms with E-state index in [-0.39, 0.29) is 41.9 Å². The predicted octanol–water partition coefficient (Wildman–Crippen LogP) is 4.62. The smallest absolute Gasteiger partial charge is 0.269 e. The first-order valence-corrected chi connectivity index (χ1v) is 16.0. The number of aryl methyl sites for hydroxylation is 1. The van der Waals surface area contributed by atoms with Gasteiger partial charge in [0.2, 0.25) is 11.8 Å². The van der Waals surface area contributed by atoms with Crippen molar-refractivity contribution < 1.29 is 22.8 Å². The van der Waals surface area contributed by atoms with Gasteiger partial charge in [-0.05, 0) is 43.0 Å². The molecule has 1 aliphatic heterocycles. The summed E-state index contributed by atoms with van der Waals surface area (Å²) in [6.07, 6.45) is 5.15. The van der Waals surface area contributed by atoms with E-state index >= 15 is 0 Å². The average molecular weight is 588 g/mol.